The maximum absolute atomic E-state index is 12.4. The Kier molecular flexibility index (Phi) is 5.18. The largest absolute Gasteiger partial charge is 0.354 e. The molecule has 0 radical (unpaired) electrons. The molecule has 1 aromatic rings. The number of hydrogen-bond donors (Lipinski definition) is 2. The van der Waals surface area contributed by atoms with Gasteiger partial charge in [-0.2, -0.15) is 0 Å². The van der Waals surface area contributed by atoms with E-state index in [1.807, 2.05) is 0 Å². The van der Waals surface area contributed by atoms with Gasteiger partial charge in [0.1, 0.15) is 0 Å². The minimum absolute atomic E-state index is 0.199. The first-order valence-corrected chi connectivity index (χ1v) is 7.71. The number of carbonyl (C=O) groups excluding carboxylic acids is 1. The molecular formula is C17H26N2O. The summed E-state index contributed by atoms with van der Waals surface area (Å²) in [7, 11) is 0. The Morgan fingerprint density at radius 2 is 1.95 bits per heavy atom. The van der Waals surface area contributed by atoms with Crippen LogP contribution in [0.5, 0.6) is 0 Å². The third-order valence-corrected chi connectivity index (χ3v) is 4.21. The molecule has 0 saturated carbocycles. The maximum atomic E-state index is 12.4. The van der Waals surface area contributed by atoms with Crippen molar-refractivity contribution in [2.45, 2.75) is 39.5 Å². The molecule has 0 aliphatic heterocycles. The van der Waals surface area contributed by atoms with E-state index >= 15 is 0 Å². The van der Waals surface area contributed by atoms with Crippen LogP contribution in [0.2, 0.25) is 0 Å². The van der Waals surface area contributed by atoms with Crippen LogP contribution < -0.4 is 10.6 Å². The molecule has 110 valence electrons. The number of fused-ring (bicyclic) bond motifs is 1. The Labute approximate surface area is 122 Å². The molecule has 1 amide bonds. The highest BCUT2D eigenvalue weighted by Crippen LogP contribution is 2.35. The number of benzene rings is 1. The van der Waals surface area contributed by atoms with Crippen LogP contribution in [0.4, 0.5) is 0 Å². The lowest BCUT2D eigenvalue weighted by Crippen LogP contribution is -2.44. The van der Waals surface area contributed by atoms with Crippen LogP contribution in [0.15, 0.2) is 24.3 Å². The van der Waals surface area contributed by atoms with E-state index in [-0.39, 0.29) is 11.3 Å². The van der Waals surface area contributed by atoms with Gasteiger partial charge in [0.15, 0.2) is 0 Å². The van der Waals surface area contributed by atoms with Crippen LogP contribution in [0.25, 0.3) is 0 Å². The Hall–Kier alpha value is -1.35. The molecule has 20 heavy (non-hydrogen) atoms. The highest BCUT2D eigenvalue weighted by Gasteiger charge is 2.36. The molecule has 0 fully saturated rings. The van der Waals surface area contributed by atoms with Crippen molar-refractivity contribution in [3.8, 4) is 0 Å². The van der Waals surface area contributed by atoms with Crippen LogP contribution in [0.3, 0.4) is 0 Å². The molecular weight excluding hydrogens is 248 g/mol. The van der Waals surface area contributed by atoms with Crippen molar-refractivity contribution in [3.05, 3.63) is 35.4 Å². The van der Waals surface area contributed by atoms with Crippen molar-refractivity contribution in [2.75, 3.05) is 19.6 Å². The van der Waals surface area contributed by atoms with Crippen LogP contribution in [0, 0.1) is 5.41 Å². The van der Waals surface area contributed by atoms with Gasteiger partial charge in [-0.3, -0.25) is 4.79 Å². The lowest BCUT2D eigenvalue weighted by Gasteiger charge is -2.33. The van der Waals surface area contributed by atoms with E-state index in [2.05, 4.69) is 48.7 Å². The lowest BCUT2D eigenvalue weighted by atomic mass is 9.72. The van der Waals surface area contributed by atoms with Crippen LogP contribution in [-0.4, -0.2) is 25.5 Å². The van der Waals surface area contributed by atoms with Gasteiger partial charge in [-0.1, -0.05) is 38.1 Å². The summed E-state index contributed by atoms with van der Waals surface area (Å²) in [5.41, 5.74) is 2.49. The highest BCUT2D eigenvalue weighted by atomic mass is 16.2. The first-order chi connectivity index (χ1) is 9.65. The van der Waals surface area contributed by atoms with Gasteiger partial charge in [-0.15, -0.1) is 0 Å². The normalized spacial score (nSPS) is 21.3. The van der Waals surface area contributed by atoms with Gasteiger partial charge in [-0.05, 0) is 43.4 Å². The van der Waals surface area contributed by atoms with Gasteiger partial charge in [0.2, 0.25) is 5.91 Å². The van der Waals surface area contributed by atoms with Crippen molar-refractivity contribution < 1.29 is 4.79 Å². The number of aryl methyl sites for hydroxylation is 1. The maximum Gasteiger partial charge on any atom is 0.226 e. The predicted octanol–water partition coefficient (Wildman–Crippen LogP) is 2.30. The SMILES string of the molecule is CCCNCCNC(=O)C1(C)CCc2ccccc2C1. The minimum Gasteiger partial charge on any atom is -0.354 e. The Morgan fingerprint density at radius 1 is 1.20 bits per heavy atom. The molecule has 0 spiro atoms. The third kappa shape index (κ3) is 3.60. The Balaban J connectivity index is 1.87. The number of hydrogen-bond acceptors (Lipinski definition) is 2. The second kappa shape index (κ2) is 6.89. The molecule has 3 nitrogen and oxygen atoms in total. The lowest BCUT2D eigenvalue weighted by molar-refractivity contribution is -0.130. The zero-order valence-electron chi connectivity index (χ0n) is 12.7. The molecule has 1 aliphatic carbocycles. The molecule has 0 bridgehead atoms. The van der Waals surface area contributed by atoms with E-state index in [4.69, 9.17) is 0 Å². The summed E-state index contributed by atoms with van der Waals surface area (Å²) >= 11 is 0. The summed E-state index contributed by atoms with van der Waals surface area (Å²) in [5, 5.41) is 6.39. The fraction of sp³-hybridized carbons (Fsp3) is 0.588. The summed E-state index contributed by atoms with van der Waals surface area (Å²) in [6.45, 7) is 6.83. The van der Waals surface area contributed by atoms with Crippen molar-refractivity contribution in [1.82, 2.24) is 10.6 Å². The van der Waals surface area contributed by atoms with Gasteiger partial charge in [0.25, 0.3) is 0 Å². The van der Waals surface area contributed by atoms with Gasteiger partial charge < -0.3 is 10.6 Å². The molecule has 0 aromatic heterocycles. The molecule has 1 aromatic carbocycles. The average Bonchev–Trinajstić information content (AvgIpc) is 2.46. The predicted molar refractivity (Wildman–Crippen MR) is 82.7 cm³/mol. The van der Waals surface area contributed by atoms with E-state index in [1.54, 1.807) is 0 Å². The van der Waals surface area contributed by atoms with Crippen molar-refractivity contribution in [2.24, 2.45) is 5.41 Å². The topological polar surface area (TPSA) is 41.1 Å². The molecule has 1 atom stereocenters. The summed E-state index contributed by atoms with van der Waals surface area (Å²) in [6, 6.07) is 8.49. The van der Waals surface area contributed by atoms with Crippen LogP contribution >= 0.6 is 0 Å². The molecule has 2 N–H and O–H groups in total. The van der Waals surface area contributed by atoms with Gasteiger partial charge in [0, 0.05) is 13.1 Å². The fourth-order valence-corrected chi connectivity index (χ4v) is 2.87. The third-order valence-electron chi connectivity index (χ3n) is 4.21. The zero-order chi connectivity index (χ0) is 14.4. The number of amides is 1. The van der Waals surface area contributed by atoms with Gasteiger partial charge >= 0.3 is 0 Å². The monoisotopic (exact) mass is 274 g/mol. The van der Waals surface area contributed by atoms with Crippen LogP contribution in [0.1, 0.15) is 37.8 Å². The quantitative estimate of drug-likeness (QED) is 0.782. The van der Waals surface area contributed by atoms with E-state index in [9.17, 15) is 4.79 Å². The summed E-state index contributed by atoms with van der Waals surface area (Å²) < 4.78 is 0. The molecule has 1 unspecified atom stereocenters. The zero-order valence-corrected chi connectivity index (χ0v) is 12.7. The molecule has 0 saturated heterocycles. The second-order valence-electron chi connectivity index (χ2n) is 6.01. The summed E-state index contributed by atoms with van der Waals surface area (Å²) in [5.74, 6) is 0.199. The molecule has 2 rings (SSSR count). The fourth-order valence-electron chi connectivity index (χ4n) is 2.87. The minimum atomic E-state index is -0.251. The van der Waals surface area contributed by atoms with E-state index in [1.165, 1.54) is 11.1 Å². The number of rotatable bonds is 6. The van der Waals surface area contributed by atoms with Crippen molar-refractivity contribution in [1.29, 1.82) is 0 Å². The molecule has 0 heterocycles. The van der Waals surface area contributed by atoms with Gasteiger partial charge in [0.05, 0.1) is 5.41 Å². The Morgan fingerprint density at radius 3 is 2.70 bits per heavy atom. The Bertz CT molecular complexity index is 458. The van der Waals surface area contributed by atoms with E-state index < -0.39 is 0 Å². The summed E-state index contributed by atoms with van der Waals surface area (Å²) in [6.07, 6.45) is 3.94. The highest BCUT2D eigenvalue weighted by molar-refractivity contribution is 5.83. The van der Waals surface area contributed by atoms with Crippen molar-refractivity contribution in [3.63, 3.8) is 0 Å². The molecule has 1 aliphatic rings. The van der Waals surface area contributed by atoms with E-state index in [0.717, 1.165) is 45.3 Å². The molecule has 3 heteroatoms. The number of carbonyl (C=O) groups is 1. The standard InChI is InChI=1S/C17H26N2O/c1-3-10-18-11-12-19-16(20)17(2)9-8-14-6-4-5-7-15(14)13-17/h4-7,18H,3,8-13H2,1-2H3,(H,19,20). The average molecular weight is 274 g/mol. The van der Waals surface area contributed by atoms with E-state index in [0.29, 0.717) is 0 Å². The van der Waals surface area contributed by atoms with Crippen molar-refractivity contribution >= 4 is 5.91 Å². The second-order valence-corrected chi connectivity index (χ2v) is 6.01. The van der Waals surface area contributed by atoms with Crippen LogP contribution in [-0.2, 0) is 17.6 Å². The number of nitrogens with one attached hydrogen (secondary N) is 2. The first kappa shape index (κ1) is 15.0. The summed E-state index contributed by atoms with van der Waals surface area (Å²) in [4.78, 5) is 12.4. The van der Waals surface area contributed by atoms with Gasteiger partial charge in [-0.25, -0.2) is 0 Å². The first-order valence-electron chi connectivity index (χ1n) is 7.71. The smallest absolute Gasteiger partial charge is 0.226 e.